The van der Waals surface area contributed by atoms with Crippen molar-refractivity contribution in [3.8, 4) is 0 Å². The second kappa shape index (κ2) is 4.58. The van der Waals surface area contributed by atoms with E-state index in [1.165, 1.54) is 6.92 Å². The molecule has 13 heavy (non-hydrogen) atoms. The van der Waals surface area contributed by atoms with Crippen LogP contribution in [0, 0.1) is 0 Å². The Morgan fingerprint density at radius 1 is 1.54 bits per heavy atom. The summed E-state index contributed by atoms with van der Waals surface area (Å²) in [6, 6.07) is 0.248. The third-order valence-corrected chi connectivity index (χ3v) is 2.44. The first-order valence-electron chi connectivity index (χ1n) is 4.76. The lowest BCUT2D eigenvalue weighted by atomic mass is 10.1. The number of carbonyl (C=O) groups excluding carboxylic acids is 1. The van der Waals surface area contributed by atoms with E-state index in [9.17, 15) is 4.79 Å². The Balaban J connectivity index is 2.26. The zero-order valence-electron chi connectivity index (χ0n) is 8.29. The Morgan fingerprint density at radius 3 is 2.54 bits per heavy atom. The van der Waals surface area contributed by atoms with Crippen molar-refractivity contribution in [2.45, 2.75) is 31.9 Å². The summed E-state index contributed by atoms with van der Waals surface area (Å²) in [7, 11) is 2.08. The lowest BCUT2D eigenvalue weighted by Crippen LogP contribution is -2.46. The van der Waals surface area contributed by atoms with Crippen LogP contribution < -0.4 is 5.32 Å². The van der Waals surface area contributed by atoms with Gasteiger partial charge in [-0.1, -0.05) is 0 Å². The van der Waals surface area contributed by atoms with Crippen LogP contribution in [0.2, 0.25) is 0 Å². The van der Waals surface area contributed by atoms with Crippen LogP contribution in [-0.2, 0) is 4.79 Å². The summed E-state index contributed by atoms with van der Waals surface area (Å²) in [5.74, 6) is -0.255. The van der Waals surface area contributed by atoms with E-state index in [0.29, 0.717) is 0 Å². The van der Waals surface area contributed by atoms with Crippen LogP contribution >= 0.6 is 0 Å². The maximum Gasteiger partial charge on any atom is 0.248 e. The van der Waals surface area contributed by atoms with Gasteiger partial charge >= 0.3 is 0 Å². The van der Waals surface area contributed by atoms with Crippen molar-refractivity contribution in [1.29, 1.82) is 0 Å². The minimum Gasteiger partial charge on any atom is -0.384 e. The van der Waals surface area contributed by atoms with Crippen LogP contribution in [0.1, 0.15) is 19.8 Å². The first-order chi connectivity index (χ1) is 6.09. The number of nitrogens with one attached hydrogen (secondary N) is 1. The quantitative estimate of drug-likeness (QED) is 0.615. The van der Waals surface area contributed by atoms with Gasteiger partial charge in [-0.05, 0) is 39.9 Å². The average molecular weight is 186 g/mol. The predicted molar refractivity (Wildman–Crippen MR) is 50.3 cm³/mol. The molecule has 0 aromatic rings. The number of hydrogen-bond acceptors (Lipinski definition) is 3. The summed E-state index contributed by atoms with van der Waals surface area (Å²) < 4.78 is 0. The van der Waals surface area contributed by atoms with Gasteiger partial charge in [0.15, 0.2) is 0 Å². The molecule has 0 aromatic carbocycles. The molecule has 1 unspecified atom stereocenters. The van der Waals surface area contributed by atoms with Crippen molar-refractivity contribution in [3.63, 3.8) is 0 Å². The van der Waals surface area contributed by atoms with Gasteiger partial charge in [0.1, 0.15) is 6.10 Å². The van der Waals surface area contributed by atoms with Gasteiger partial charge in [0, 0.05) is 6.04 Å². The number of nitrogens with zero attached hydrogens (tertiary/aromatic N) is 1. The molecule has 1 aliphatic heterocycles. The normalized spacial score (nSPS) is 22.7. The molecule has 1 amide bonds. The van der Waals surface area contributed by atoms with Crippen molar-refractivity contribution in [2.75, 3.05) is 20.1 Å². The number of hydrogen-bond donors (Lipinski definition) is 2. The van der Waals surface area contributed by atoms with E-state index in [2.05, 4.69) is 17.3 Å². The number of piperidine rings is 1. The number of aliphatic hydroxyl groups is 1. The molecule has 1 rings (SSSR count). The van der Waals surface area contributed by atoms with E-state index >= 15 is 0 Å². The molecular weight excluding hydrogens is 168 g/mol. The van der Waals surface area contributed by atoms with Crippen LogP contribution in [0.25, 0.3) is 0 Å². The molecule has 0 bridgehead atoms. The van der Waals surface area contributed by atoms with Crippen molar-refractivity contribution >= 4 is 5.91 Å². The molecule has 0 spiro atoms. The zero-order chi connectivity index (χ0) is 9.84. The smallest absolute Gasteiger partial charge is 0.248 e. The Hall–Kier alpha value is -0.610. The monoisotopic (exact) mass is 186 g/mol. The molecule has 4 heteroatoms. The Bertz CT molecular complexity index is 174. The van der Waals surface area contributed by atoms with Gasteiger partial charge in [0.2, 0.25) is 5.91 Å². The second-order valence-electron chi connectivity index (χ2n) is 3.76. The highest BCUT2D eigenvalue weighted by molar-refractivity contribution is 5.80. The van der Waals surface area contributed by atoms with Gasteiger partial charge in [-0.15, -0.1) is 0 Å². The molecule has 0 aliphatic carbocycles. The summed E-state index contributed by atoms with van der Waals surface area (Å²) in [5.41, 5.74) is 0. The summed E-state index contributed by atoms with van der Waals surface area (Å²) >= 11 is 0. The summed E-state index contributed by atoms with van der Waals surface area (Å²) in [5, 5.41) is 11.8. The maximum atomic E-state index is 11.1. The van der Waals surface area contributed by atoms with Gasteiger partial charge in [-0.25, -0.2) is 0 Å². The number of aliphatic hydroxyl groups excluding tert-OH is 1. The number of amides is 1. The first-order valence-corrected chi connectivity index (χ1v) is 4.76. The van der Waals surface area contributed by atoms with Crippen LogP contribution in [0.5, 0.6) is 0 Å². The lowest BCUT2D eigenvalue weighted by molar-refractivity contribution is -0.129. The fraction of sp³-hybridized carbons (Fsp3) is 0.889. The van der Waals surface area contributed by atoms with Crippen molar-refractivity contribution in [2.24, 2.45) is 0 Å². The molecule has 1 saturated heterocycles. The van der Waals surface area contributed by atoms with Gasteiger partial charge < -0.3 is 15.3 Å². The molecular formula is C9H18N2O2. The highest BCUT2D eigenvalue weighted by Gasteiger charge is 2.19. The minimum absolute atomic E-state index is 0.248. The second-order valence-corrected chi connectivity index (χ2v) is 3.76. The SMILES string of the molecule is CC(O)C(=O)NC1CCN(C)CC1. The van der Waals surface area contributed by atoms with E-state index in [1.54, 1.807) is 0 Å². The van der Waals surface area contributed by atoms with Crippen molar-refractivity contribution in [1.82, 2.24) is 10.2 Å². The molecule has 1 heterocycles. The number of likely N-dealkylation sites (tertiary alicyclic amines) is 1. The molecule has 2 N–H and O–H groups in total. The average Bonchev–Trinajstić information content (AvgIpc) is 2.08. The number of rotatable bonds is 2. The topological polar surface area (TPSA) is 52.6 Å². The van der Waals surface area contributed by atoms with Crippen LogP contribution in [0.4, 0.5) is 0 Å². The van der Waals surface area contributed by atoms with Crippen LogP contribution in [-0.4, -0.2) is 48.2 Å². The first kappa shape index (κ1) is 10.5. The highest BCUT2D eigenvalue weighted by atomic mass is 16.3. The molecule has 1 atom stereocenters. The molecule has 1 aliphatic rings. The summed E-state index contributed by atoms with van der Waals surface area (Å²) in [4.78, 5) is 13.4. The molecule has 0 radical (unpaired) electrons. The number of carbonyl (C=O) groups is 1. The molecule has 4 nitrogen and oxygen atoms in total. The summed E-state index contributed by atoms with van der Waals surface area (Å²) in [6.45, 7) is 3.53. The van der Waals surface area contributed by atoms with Crippen LogP contribution in [0.3, 0.4) is 0 Å². The third kappa shape index (κ3) is 3.32. The van der Waals surface area contributed by atoms with Gasteiger partial charge in [-0.3, -0.25) is 4.79 Å². The molecule has 76 valence electrons. The van der Waals surface area contributed by atoms with E-state index in [1.807, 2.05) is 0 Å². The van der Waals surface area contributed by atoms with E-state index in [4.69, 9.17) is 5.11 Å². The van der Waals surface area contributed by atoms with E-state index in [-0.39, 0.29) is 11.9 Å². The van der Waals surface area contributed by atoms with Gasteiger partial charge in [0.25, 0.3) is 0 Å². The minimum atomic E-state index is -0.889. The highest BCUT2D eigenvalue weighted by Crippen LogP contribution is 2.07. The summed E-state index contributed by atoms with van der Waals surface area (Å²) in [6.07, 6.45) is 1.07. The van der Waals surface area contributed by atoms with Gasteiger partial charge in [0.05, 0.1) is 0 Å². The maximum absolute atomic E-state index is 11.1. The fourth-order valence-corrected chi connectivity index (χ4v) is 1.47. The van der Waals surface area contributed by atoms with E-state index in [0.717, 1.165) is 25.9 Å². The van der Waals surface area contributed by atoms with Crippen molar-refractivity contribution < 1.29 is 9.90 Å². The fourth-order valence-electron chi connectivity index (χ4n) is 1.47. The van der Waals surface area contributed by atoms with E-state index < -0.39 is 6.10 Å². The van der Waals surface area contributed by atoms with Crippen molar-refractivity contribution in [3.05, 3.63) is 0 Å². The Labute approximate surface area is 78.9 Å². The third-order valence-electron chi connectivity index (χ3n) is 2.44. The Kier molecular flexibility index (Phi) is 3.69. The van der Waals surface area contributed by atoms with Gasteiger partial charge in [-0.2, -0.15) is 0 Å². The zero-order valence-corrected chi connectivity index (χ0v) is 8.29. The molecule has 1 fully saturated rings. The Morgan fingerprint density at radius 2 is 2.08 bits per heavy atom. The molecule has 0 saturated carbocycles. The lowest BCUT2D eigenvalue weighted by Gasteiger charge is -2.29. The standard InChI is InChI=1S/C9H18N2O2/c1-7(12)9(13)10-8-3-5-11(2)6-4-8/h7-8,12H,3-6H2,1-2H3,(H,10,13). The van der Waals surface area contributed by atoms with Crippen LogP contribution in [0.15, 0.2) is 0 Å². The largest absolute Gasteiger partial charge is 0.384 e. The molecule has 0 aromatic heterocycles. The predicted octanol–water partition coefficient (Wildman–Crippen LogP) is -0.422.